The van der Waals surface area contributed by atoms with Crippen LogP contribution < -0.4 is 10.5 Å². The van der Waals surface area contributed by atoms with Crippen molar-refractivity contribution < 1.29 is 18.6 Å². The Bertz CT molecular complexity index is 318. The summed E-state index contributed by atoms with van der Waals surface area (Å²) < 4.78 is 28.0. The van der Waals surface area contributed by atoms with Crippen molar-refractivity contribution in [3.63, 3.8) is 0 Å². The van der Waals surface area contributed by atoms with E-state index in [1.807, 2.05) is 0 Å². The first kappa shape index (κ1) is 11.9. The molecule has 0 spiro atoms. The molecule has 1 aromatic rings. The Morgan fingerprint density at radius 2 is 2.07 bits per heavy atom. The van der Waals surface area contributed by atoms with E-state index in [4.69, 9.17) is 5.73 Å². The number of hydrogen-bond acceptors (Lipinski definition) is 3. The van der Waals surface area contributed by atoms with Gasteiger partial charge in [0, 0.05) is 0 Å². The summed E-state index contributed by atoms with van der Waals surface area (Å²) in [7, 11) is 0. The lowest BCUT2D eigenvalue weighted by atomic mass is 10.0. The van der Waals surface area contributed by atoms with E-state index in [2.05, 4.69) is 4.74 Å². The van der Waals surface area contributed by atoms with Crippen LogP contribution in [-0.4, -0.2) is 17.8 Å². The zero-order valence-electron chi connectivity index (χ0n) is 8.23. The summed E-state index contributed by atoms with van der Waals surface area (Å²) in [5, 5.41) is 9.23. The Morgan fingerprint density at radius 3 is 2.60 bits per heavy atom. The number of rotatable bonds is 4. The van der Waals surface area contributed by atoms with Crippen molar-refractivity contribution in [3.8, 4) is 5.75 Å². The number of aliphatic hydroxyl groups excluding tert-OH is 1. The fourth-order valence-corrected chi connectivity index (χ4v) is 1.18. The zero-order chi connectivity index (χ0) is 11.4. The van der Waals surface area contributed by atoms with E-state index in [-0.39, 0.29) is 5.75 Å². The lowest BCUT2D eigenvalue weighted by Gasteiger charge is -2.15. The Hall–Kier alpha value is -1.20. The van der Waals surface area contributed by atoms with Gasteiger partial charge in [-0.3, -0.25) is 0 Å². The smallest absolute Gasteiger partial charge is 0.387 e. The van der Waals surface area contributed by atoms with E-state index in [1.54, 1.807) is 12.1 Å². The summed E-state index contributed by atoms with van der Waals surface area (Å²) >= 11 is 0. The Morgan fingerprint density at radius 1 is 1.40 bits per heavy atom. The van der Waals surface area contributed by atoms with E-state index >= 15 is 0 Å². The minimum atomic E-state index is -2.86. The van der Waals surface area contributed by atoms with Crippen molar-refractivity contribution >= 4 is 0 Å². The molecule has 0 aliphatic heterocycles. The summed E-state index contributed by atoms with van der Waals surface area (Å²) in [5.41, 5.74) is 6.20. The van der Waals surface area contributed by atoms with E-state index in [0.29, 0.717) is 5.56 Å². The summed E-state index contributed by atoms with van der Waals surface area (Å²) in [6.07, 6.45) is -0.744. The maximum absolute atomic E-state index is 11.9. The third-order valence-corrected chi connectivity index (χ3v) is 1.99. The van der Waals surface area contributed by atoms with Gasteiger partial charge >= 0.3 is 6.61 Å². The predicted molar refractivity (Wildman–Crippen MR) is 51.7 cm³/mol. The molecule has 0 aliphatic rings. The summed E-state index contributed by atoms with van der Waals surface area (Å²) in [6.45, 7) is -1.33. The average Bonchev–Trinajstić information content (AvgIpc) is 2.16. The molecule has 0 fully saturated rings. The predicted octanol–water partition coefficient (Wildman–Crippen LogP) is 1.67. The first-order chi connectivity index (χ1) is 7.00. The van der Waals surface area contributed by atoms with Crippen LogP contribution in [-0.2, 0) is 0 Å². The molecule has 15 heavy (non-hydrogen) atoms. The molecule has 0 amide bonds. The topological polar surface area (TPSA) is 55.5 Å². The highest BCUT2D eigenvalue weighted by Gasteiger charge is 2.13. The molecule has 0 bridgehead atoms. The first-order valence-electron chi connectivity index (χ1n) is 4.49. The van der Waals surface area contributed by atoms with E-state index in [9.17, 15) is 13.9 Å². The largest absolute Gasteiger partial charge is 0.435 e. The molecule has 0 saturated heterocycles. The molecule has 1 aromatic carbocycles. The minimum absolute atomic E-state index is 0.0404. The molecule has 2 atom stereocenters. The number of ether oxygens (including phenoxy) is 1. The molecule has 3 N–H and O–H groups in total. The van der Waals surface area contributed by atoms with Gasteiger partial charge in [0.25, 0.3) is 0 Å². The van der Waals surface area contributed by atoms with Crippen LogP contribution in [0.3, 0.4) is 0 Å². The Balaban J connectivity index is 2.82. The molecule has 3 nitrogen and oxygen atoms in total. The molecule has 5 heteroatoms. The number of hydrogen-bond donors (Lipinski definition) is 2. The SMILES string of the molecule is C[C@@H](O)[C@@H](N)c1cccc(OC(F)F)c1. The normalized spacial score (nSPS) is 15.1. The number of halogens is 2. The fourth-order valence-electron chi connectivity index (χ4n) is 1.18. The van der Waals surface area contributed by atoms with Crippen LogP contribution in [0, 0.1) is 0 Å². The number of nitrogens with two attached hydrogens (primary N) is 1. The van der Waals surface area contributed by atoms with Gasteiger partial charge in [-0.2, -0.15) is 8.78 Å². The summed E-state index contributed by atoms with van der Waals surface area (Å²) in [4.78, 5) is 0. The van der Waals surface area contributed by atoms with Gasteiger partial charge in [0.15, 0.2) is 0 Å². The van der Waals surface area contributed by atoms with Crippen LogP contribution >= 0.6 is 0 Å². The van der Waals surface area contributed by atoms with Crippen molar-refractivity contribution in [1.29, 1.82) is 0 Å². The highest BCUT2D eigenvalue weighted by Crippen LogP contribution is 2.21. The monoisotopic (exact) mass is 217 g/mol. The summed E-state index contributed by atoms with van der Waals surface area (Å²) in [6, 6.07) is 5.39. The fraction of sp³-hybridized carbons (Fsp3) is 0.400. The standard InChI is InChI=1S/C10H13F2NO2/c1-6(14)9(13)7-3-2-4-8(5-7)15-10(11)12/h2-6,9-10,14H,13H2,1H3/t6-,9-/m1/s1. The second-order valence-electron chi connectivity index (χ2n) is 3.22. The average molecular weight is 217 g/mol. The van der Waals surface area contributed by atoms with Crippen molar-refractivity contribution in [1.82, 2.24) is 0 Å². The molecule has 84 valence electrons. The van der Waals surface area contributed by atoms with Gasteiger partial charge in [-0.25, -0.2) is 0 Å². The van der Waals surface area contributed by atoms with Gasteiger partial charge in [-0.1, -0.05) is 12.1 Å². The Kier molecular flexibility index (Phi) is 3.99. The third kappa shape index (κ3) is 3.45. The van der Waals surface area contributed by atoms with Crippen molar-refractivity contribution in [2.45, 2.75) is 25.7 Å². The van der Waals surface area contributed by atoms with E-state index in [0.717, 1.165) is 0 Å². The maximum atomic E-state index is 11.9. The molecular weight excluding hydrogens is 204 g/mol. The minimum Gasteiger partial charge on any atom is -0.435 e. The lowest BCUT2D eigenvalue weighted by Crippen LogP contribution is -2.23. The van der Waals surface area contributed by atoms with Crippen LogP contribution in [0.2, 0.25) is 0 Å². The van der Waals surface area contributed by atoms with Gasteiger partial charge < -0.3 is 15.6 Å². The van der Waals surface area contributed by atoms with E-state index < -0.39 is 18.8 Å². The molecule has 0 heterocycles. The maximum Gasteiger partial charge on any atom is 0.387 e. The molecule has 0 aliphatic carbocycles. The van der Waals surface area contributed by atoms with Crippen molar-refractivity contribution in [2.75, 3.05) is 0 Å². The second kappa shape index (κ2) is 5.04. The number of alkyl halides is 2. The van der Waals surface area contributed by atoms with Crippen LogP contribution in [0.25, 0.3) is 0 Å². The third-order valence-electron chi connectivity index (χ3n) is 1.99. The van der Waals surface area contributed by atoms with Gasteiger partial charge in [-0.05, 0) is 24.6 Å². The van der Waals surface area contributed by atoms with Crippen molar-refractivity contribution in [3.05, 3.63) is 29.8 Å². The van der Waals surface area contributed by atoms with Gasteiger partial charge in [0.2, 0.25) is 0 Å². The quantitative estimate of drug-likeness (QED) is 0.806. The van der Waals surface area contributed by atoms with Gasteiger partial charge in [-0.15, -0.1) is 0 Å². The van der Waals surface area contributed by atoms with Gasteiger partial charge in [0.05, 0.1) is 12.1 Å². The highest BCUT2D eigenvalue weighted by molar-refractivity contribution is 5.30. The van der Waals surface area contributed by atoms with Crippen LogP contribution in [0.5, 0.6) is 5.75 Å². The van der Waals surface area contributed by atoms with Crippen LogP contribution in [0.4, 0.5) is 8.78 Å². The van der Waals surface area contributed by atoms with Crippen molar-refractivity contribution in [2.24, 2.45) is 5.73 Å². The molecule has 0 saturated carbocycles. The number of benzene rings is 1. The molecule has 0 unspecified atom stereocenters. The molecule has 0 aromatic heterocycles. The van der Waals surface area contributed by atoms with E-state index in [1.165, 1.54) is 19.1 Å². The second-order valence-corrected chi connectivity index (χ2v) is 3.22. The Labute approximate surface area is 86.5 Å². The molecular formula is C10H13F2NO2. The zero-order valence-corrected chi connectivity index (χ0v) is 8.23. The van der Waals surface area contributed by atoms with Gasteiger partial charge in [0.1, 0.15) is 5.75 Å². The first-order valence-corrected chi connectivity index (χ1v) is 4.49. The number of aliphatic hydroxyl groups is 1. The lowest BCUT2D eigenvalue weighted by molar-refractivity contribution is -0.0499. The molecule has 1 rings (SSSR count). The van der Waals surface area contributed by atoms with Crippen LogP contribution in [0.1, 0.15) is 18.5 Å². The van der Waals surface area contributed by atoms with Crippen LogP contribution in [0.15, 0.2) is 24.3 Å². The molecule has 0 radical (unpaired) electrons. The summed E-state index contributed by atoms with van der Waals surface area (Å²) in [5.74, 6) is 0.0404. The highest BCUT2D eigenvalue weighted by atomic mass is 19.3.